The van der Waals surface area contributed by atoms with Crippen LogP contribution in [0, 0.1) is 6.92 Å². The van der Waals surface area contributed by atoms with Gasteiger partial charge in [0.2, 0.25) is 0 Å². The van der Waals surface area contributed by atoms with Gasteiger partial charge in [-0.15, -0.1) is 0 Å². The molecule has 2 heterocycles. The van der Waals surface area contributed by atoms with Crippen molar-refractivity contribution in [2.45, 2.75) is 32.7 Å². The lowest BCUT2D eigenvalue weighted by atomic mass is 10.1. The number of rotatable bonds is 5. The summed E-state index contributed by atoms with van der Waals surface area (Å²) < 4.78 is 5.04. The number of aryl methyl sites for hydroxylation is 1. The Hall–Kier alpha value is -2.61. The Bertz CT molecular complexity index is 786. The molecule has 0 atom stereocenters. The van der Waals surface area contributed by atoms with E-state index >= 15 is 0 Å². The highest BCUT2D eigenvalue weighted by atomic mass is 32.1. The third kappa shape index (κ3) is 4.97. The number of nitrogens with zero attached hydrogens (tertiary/aromatic N) is 2. The second-order valence-corrected chi connectivity index (χ2v) is 7.36. The molecule has 0 spiro atoms. The molecule has 1 aromatic carbocycles. The summed E-state index contributed by atoms with van der Waals surface area (Å²) in [6, 6.07) is 9.60. The van der Waals surface area contributed by atoms with E-state index in [1.807, 2.05) is 44.2 Å². The maximum atomic E-state index is 12.5. The molecule has 2 aromatic rings. The molecular formula is C19H24N4O3S. The molecule has 1 fully saturated rings. The van der Waals surface area contributed by atoms with Gasteiger partial charge < -0.3 is 20.3 Å². The number of amides is 2. The third-order valence-electron chi connectivity index (χ3n) is 4.38. The SMILES string of the molecule is CCOC(=O)N1CCC(Nc2nc(C)c(C(=O)Nc3ccccc3)s2)CC1. The van der Waals surface area contributed by atoms with E-state index in [1.54, 1.807) is 4.90 Å². The van der Waals surface area contributed by atoms with E-state index < -0.39 is 0 Å². The van der Waals surface area contributed by atoms with Crippen molar-refractivity contribution in [1.29, 1.82) is 0 Å². The Kier molecular flexibility index (Phi) is 6.28. The van der Waals surface area contributed by atoms with Gasteiger partial charge in [0.05, 0.1) is 12.3 Å². The number of piperidine rings is 1. The quantitative estimate of drug-likeness (QED) is 0.815. The Morgan fingerprint density at radius 2 is 1.96 bits per heavy atom. The molecule has 0 radical (unpaired) electrons. The van der Waals surface area contributed by atoms with Gasteiger partial charge in [-0.1, -0.05) is 29.5 Å². The van der Waals surface area contributed by atoms with Crippen LogP contribution in [-0.4, -0.2) is 47.6 Å². The van der Waals surface area contributed by atoms with Crippen LogP contribution < -0.4 is 10.6 Å². The molecule has 0 unspecified atom stereocenters. The summed E-state index contributed by atoms with van der Waals surface area (Å²) >= 11 is 1.36. The largest absolute Gasteiger partial charge is 0.450 e. The minimum atomic E-state index is -0.249. The van der Waals surface area contributed by atoms with Crippen LogP contribution in [0.3, 0.4) is 0 Å². The van der Waals surface area contributed by atoms with Crippen LogP contribution in [0.4, 0.5) is 15.6 Å². The van der Waals surface area contributed by atoms with Crippen molar-refractivity contribution in [2.75, 3.05) is 30.3 Å². The summed E-state index contributed by atoms with van der Waals surface area (Å²) in [5, 5.41) is 7.03. The molecule has 3 rings (SSSR count). The highest BCUT2D eigenvalue weighted by molar-refractivity contribution is 7.17. The molecule has 1 aromatic heterocycles. The minimum Gasteiger partial charge on any atom is -0.450 e. The van der Waals surface area contributed by atoms with Crippen molar-refractivity contribution in [3.63, 3.8) is 0 Å². The van der Waals surface area contributed by atoms with Gasteiger partial charge in [-0.2, -0.15) is 0 Å². The van der Waals surface area contributed by atoms with Gasteiger partial charge in [0.25, 0.3) is 5.91 Å². The van der Waals surface area contributed by atoms with Crippen molar-refractivity contribution in [2.24, 2.45) is 0 Å². The second kappa shape index (κ2) is 8.85. The molecule has 7 nitrogen and oxygen atoms in total. The molecule has 0 saturated carbocycles. The average Bonchev–Trinajstić information content (AvgIpc) is 3.03. The fourth-order valence-electron chi connectivity index (χ4n) is 2.97. The van der Waals surface area contributed by atoms with Crippen LogP contribution in [0.25, 0.3) is 0 Å². The Balaban J connectivity index is 1.56. The van der Waals surface area contributed by atoms with E-state index in [9.17, 15) is 9.59 Å². The Morgan fingerprint density at radius 1 is 1.26 bits per heavy atom. The Labute approximate surface area is 162 Å². The predicted molar refractivity (Wildman–Crippen MR) is 106 cm³/mol. The van der Waals surface area contributed by atoms with Crippen LogP contribution in [0.15, 0.2) is 30.3 Å². The molecule has 144 valence electrons. The summed E-state index contributed by atoms with van der Waals surface area (Å²) in [5.41, 5.74) is 1.47. The first-order chi connectivity index (χ1) is 13.1. The summed E-state index contributed by atoms with van der Waals surface area (Å²) in [6.07, 6.45) is 1.40. The van der Waals surface area contributed by atoms with Crippen LogP contribution >= 0.6 is 11.3 Å². The maximum Gasteiger partial charge on any atom is 0.409 e. The summed E-state index contributed by atoms with van der Waals surface area (Å²) in [5.74, 6) is -0.151. The standard InChI is InChI=1S/C19H24N4O3S/c1-3-26-19(25)23-11-9-15(10-12-23)22-18-20-13(2)16(27-18)17(24)21-14-7-5-4-6-8-14/h4-8,15H,3,9-12H2,1-2H3,(H,20,22)(H,21,24). The van der Waals surface area contributed by atoms with E-state index in [1.165, 1.54) is 11.3 Å². The van der Waals surface area contributed by atoms with Crippen LogP contribution in [0.1, 0.15) is 35.1 Å². The number of para-hydroxylation sites is 1. The molecule has 8 heteroatoms. The lowest BCUT2D eigenvalue weighted by Crippen LogP contribution is -2.42. The molecule has 2 N–H and O–H groups in total. The zero-order chi connectivity index (χ0) is 19.2. The van der Waals surface area contributed by atoms with Gasteiger partial charge in [0.1, 0.15) is 4.88 Å². The summed E-state index contributed by atoms with van der Waals surface area (Å²) in [4.78, 5) is 31.1. The molecule has 0 bridgehead atoms. The highest BCUT2D eigenvalue weighted by Crippen LogP contribution is 2.26. The number of benzene rings is 1. The first-order valence-electron chi connectivity index (χ1n) is 9.09. The molecule has 1 aliphatic rings. The number of carbonyl (C=O) groups excluding carboxylic acids is 2. The fraction of sp³-hybridized carbons (Fsp3) is 0.421. The van der Waals surface area contributed by atoms with Crippen molar-refractivity contribution in [3.8, 4) is 0 Å². The molecule has 1 saturated heterocycles. The van der Waals surface area contributed by atoms with Gasteiger partial charge >= 0.3 is 6.09 Å². The number of hydrogen-bond donors (Lipinski definition) is 2. The monoisotopic (exact) mass is 388 g/mol. The van der Waals surface area contributed by atoms with Gasteiger partial charge in [-0.05, 0) is 38.8 Å². The van der Waals surface area contributed by atoms with Crippen molar-refractivity contribution in [1.82, 2.24) is 9.88 Å². The number of carbonyl (C=O) groups is 2. The van der Waals surface area contributed by atoms with Crippen molar-refractivity contribution < 1.29 is 14.3 Å². The normalized spacial score (nSPS) is 14.7. The topological polar surface area (TPSA) is 83.6 Å². The number of aromatic nitrogens is 1. The highest BCUT2D eigenvalue weighted by Gasteiger charge is 2.25. The molecule has 1 aliphatic heterocycles. The van der Waals surface area contributed by atoms with Crippen LogP contribution in [0.5, 0.6) is 0 Å². The minimum absolute atomic E-state index is 0.151. The first kappa shape index (κ1) is 19.2. The molecular weight excluding hydrogens is 364 g/mol. The number of ether oxygens (including phenoxy) is 1. The van der Waals surface area contributed by atoms with E-state index in [-0.39, 0.29) is 18.0 Å². The Morgan fingerprint density at radius 3 is 2.63 bits per heavy atom. The number of nitrogens with one attached hydrogen (secondary N) is 2. The zero-order valence-corrected chi connectivity index (χ0v) is 16.3. The molecule has 27 heavy (non-hydrogen) atoms. The number of anilines is 2. The van der Waals surface area contributed by atoms with E-state index in [4.69, 9.17) is 4.74 Å². The molecule has 0 aliphatic carbocycles. The van der Waals surface area contributed by atoms with Gasteiger partial charge in [0.15, 0.2) is 5.13 Å². The number of likely N-dealkylation sites (tertiary alicyclic amines) is 1. The third-order valence-corrected chi connectivity index (χ3v) is 5.47. The van der Waals surface area contributed by atoms with Gasteiger partial charge in [0, 0.05) is 24.8 Å². The first-order valence-corrected chi connectivity index (χ1v) is 9.90. The van der Waals surface area contributed by atoms with Gasteiger partial charge in [-0.25, -0.2) is 9.78 Å². The number of hydrogen-bond acceptors (Lipinski definition) is 6. The van der Waals surface area contributed by atoms with Crippen LogP contribution in [-0.2, 0) is 4.74 Å². The van der Waals surface area contributed by atoms with Crippen molar-refractivity contribution in [3.05, 3.63) is 40.9 Å². The summed E-state index contributed by atoms with van der Waals surface area (Å²) in [6.45, 7) is 5.35. The zero-order valence-electron chi connectivity index (χ0n) is 15.5. The van der Waals surface area contributed by atoms with E-state index in [2.05, 4.69) is 15.6 Å². The van der Waals surface area contributed by atoms with Gasteiger partial charge in [-0.3, -0.25) is 4.79 Å². The number of thiazole rings is 1. The molecule has 2 amide bonds. The smallest absolute Gasteiger partial charge is 0.409 e. The second-order valence-electron chi connectivity index (χ2n) is 6.36. The average molecular weight is 388 g/mol. The van der Waals surface area contributed by atoms with E-state index in [0.717, 1.165) is 23.7 Å². The maximum absolute atomic E-state index is 12.5. The fourth-order valence-corrected chi connectivity index (χ4v) is 3.91. The predicted octanol–water partition coefficient (Wildman–Crippen LogP) is 3.74. The summed E-state index contributed by atoms with van der Waals surface area (Å²) in [7, 11) is 0. The lowest BCUT2D eigenvalue weighted by Gasteiger charge is -2.31. The van der Waals surface area contributed by atoms with Crippen LogP contribution in [0.2, 0.25) is 0 Å². The van der Waals surface area contributed by atoms with E-state index in [0.29, 0.717) is 30.3 Å². The lowest BCUT2D eigenvalue weighted by molar-refractivity contribution is 0.0982. The van der Waals surface area contributed by atoms with Crippen molar-refractivity contribution >= 4 is 34.2 Å².